The van der Waals surface area contributed by atoms with Gasteiger partial charge in [-0.25, -0.2) is 4.98 Å². The molecular formula is C26H26F3N3O2S. The van der Waals surface area contributed by atoms with E-state index in [1.54, 1.807) is 5.38 Å². The highest BCUT2D eigenvalue weighted by atomic mass is 32.1. The van der Waals surface area contributed by atoms with E-state index in [2.05, 4.69) is 16.4 Å². The molecule has 35 heavy (non-hydrogen) atoms. The molecule has 2 aromatic carbocycles. The van der Waals surface area contributed by atoms with Crippen molar-refractivity contribution in [1.29, 1.82) is 0 Å². The Labute approximate surface area is 206 Å². The quantitative estimate of drug-likeness (QED) is 0.486. The van der Waals surface area contributed by atoms with Crippen molar-refractivity contribution in [1.82, 2.24) is 15.2 Å². The van der Waals surface area contributed by atoms with E-state index in [0.29, 0.717) is 38.2 Å². The van der Waals surface area contributed by atoms with E-state index in [1.165, 1.54) is 34.4 Å². The van der Waals surface area contributed by atoms with Crippen LogP contribution in [0.5, 0.6) is 0 Å². The average Bonchev–Trinajstić information content (AvgIpc) is 3.31. The Morgan fingerprint density at radius 3 is 2.40 bits per heavy atom. The highest BCUT2D eigenvalue weighted by Gasteiger charge is 2.36. The van der Waals surface area contributed by atoms with Crippen LogP contribution in [0, 0.1) is 13.8 Å². The molecule has 3 aromatic rings. The fourth-order valence-electron chi connectivity index (χ4n) is 4.44. The van der Waals surface area contributed by atoms with Gasteiger partial charge >= 0.3 is 6.18 Å². The lowest BCUT2D eigenvalue weighted by Gasteiger charge is -2.31. The lowest BCUT2D eigenvalue weighted by atomic mass is 9.96. The van der Waals surface area contributed by atoms with Crippen LogP contribution in [0.2, 0.25) is 0 Å². The van der Waals surface area contributed by atoms with Gasteiger partial charge in [0, 0.05) is 30.9 Å². The van der Waals surface area contributed by atoms with Crippen LogP contribution in [0.15, 0.2) is 47.8 Å². The molecule has 5 nitrogen and oxygen atoms in total. The lowest BCUT2D eigenvalue weighted by molar-refractivity contribution is -0.138. The van der Waals surface area contributed by atoms with Crippen molar-refractivity contribution >= 4 is 23.2 Å². The normalized spacial score (nSPS) is 14.7. The second-order valence-corrected chi connectivity index (χ2v) is 9.75. The molecule has 0 unspecified atom stereocenters. The van der Waals surface area contributed by atoms with Gasteiger partial charge in [0.25, 0.3) is 11.8 Å². The Balaban J connectivity index is 1.35. The number of rotatable bonds is 5. The van der Waals surface area contributed by atoms with Gasteiger partial charge in [-0.1, -0.05) is 41.5 Å². The van der Waals surface area contributed by atoms with Crippen LogP contribution in [0.25, 0.3) is 0 Å². The van der Waals surface area contributed by atoms with Gasteiger partial charge in [0.2, 0.25) is 0 Å². The zero-order chi connectivity index (χ0) is 25.2. The minimum atomic E-state index is -4.58. The molecule has 0 spiro atoms. The molecule has 9 heteroatoms. The fraction of sp³-hybridized carbons (Fsp3) is 0.346. The molecular weight excluding hydrogens is 475 g/mol. The third kappa shape index (κ3) is 5.90. The average molecular weight is 502 g/mol. The van der Waals surface area contributed by atoms with Crippen LogP contribution in [-0.2, 0) is 12.7 Å². The second-order valence-electron chi connectivity index (χ2n) is 8.86. The van der Waals surface area contributed by atoms with E-state index in [-0.39, 0.29) is 17.4 Å². The second kappa shape index (κ2) is 10.2. The van der Waals surface area contributed by atoms with Gasteiger partial charge in [-0.3, -0.25) is 9.59 Å². The Hall–Kier alpha value is -3.20. The number of aryl methyl sites for hydroxylation is 2. The van der Waals surface area contributed by atoms with Crippen LogP contribution < -0.4 is 5.32 Å². The van der Waals surface area contributed by atoms with E-state index < -0.39 is 17.6 Å². The van der Waals surface area contributed by atoms with Crippen LogP contribution in [0.3, 0.4) is 0 Å². The van der Waals surface area contributed by atoms with E-state index in [4.69, 9.17) is 0 Å². The number of thiazole rings is 1. The first-order valence-corrected chi connectivity index (χ1v) is 12.3. The maximum atomic E-state index is 13.3. The number of alkyl halides is 3. The summed E-state index contributed by atoms with van der Waals surface area (Å²) in [5.74, 6) is -0.798. The topological polar surface area (TPSA) is 62.3 Å². The zero-order valence-electron chi connectivity index (χ0n) is 19.5. The summed E-state index contributed by atoms with van der Waals surface area (Å²) >= 11 is 1.40. The molecule has 0 saturated carbocycles. The molecule has 0 aliphatic carbocycles. The monoisotopic (exact) mass is 501 g/mol. The number of piperidine rings is 1. The smallest absolute Gasteiger partial charge is 0.347 e. The van der Waals surface area contributed by atoms with Crippen LogP contribution in [0.4, 0.5) is 13.2 Å². The zero-order valence-corrected chi connectivity index (χ0v) is 20.3. The predicted molar refractivity (Wildman–Crippen MR) is 129 cm³/mol. The van der Waals surface area contributed by atoms with Crippen molar-refractivity contribution in [3.63, 3.8) is 0 Å². The summed E-state index contributed by atoms with van der Waals surface area (Å²) in [6.45, 7) is 5.11. The lowest BCUT2D eigenvalue weighted by Crippen LogP contribution is -2.38. The van der Waals surface area contributed by atoms with Gasteiger partial charge in [0.1, 0.15) is 5.69 Å². The molecule has 1 aromatic heterocycles. The van der Waals surface area contributed by atoms with Gasteiger partial charge in [0.05, 0.1) is 16.1 Å². The number of benzene rings is 2. The Morgan fingerprint density at radius 2 is 1.74 bits per heavy atom. The first-order chi connectivity index (χ1) is 16.6. The van der Waals surface area contributed by atoms with Crippen molar-refractivity contribution in [3.05, 3.63) is 86.4 Å². The highest BCUT2D eigenvalue weighted by molar-refractivity contribution is 7.09. The summed E-state index contributed by atoms with van der Waals surface area (Å²) in [5.41, 5.74) is 2.41. The largest absolute Gasteiger partial charge is 0.417 e. The fourth-order valence-corrected chi connectivity index (χ4v) is 5.41. The summed E-state index contributed by atoms with van der Waals surface area (Å²) in [7, 11) is 0. The summed E-state index contributed by atoms with van der Waals surface area (Å²) in [6, 6.07) is 11.0. The molecule has 1 saturated heterocycles. The maximum Gasteiger partial charge on any atom is 0.417 e. The molecule has 0 bridgehead atoms. The number of nitrogens with zero attached hydrogens (tertiary/aromatic N) is 2. The number of carbonyl (C=O) groups excluding carboxylic acids is 2. The van der Waals surface area contributed by atoms with Crippen molar-refractivity contribution < 1.29 is 22.8 Å². The molecule has 0 radical (unpaired) electrons. The van der Waals surface area contributed by atoms with Crippen molar-refractivity contribution in [2.75, 3.05) is 13.1 Å². The third-order valence-electron chi connectivity index (χ3n) is 6.08. The van der Waals surface area contributed by atoms with Crippen molar-refractivity contribution in [2.45, 2.75) is 45.3 Å². The molecule has 2 amide bonds. The first kappa shape index (κ1) is 24.9. The number of aromatic nitrogens is 1. The molecule has 1 aliphatic rings. The molecule has 2 heterocycles. The summed E-state index contributed by atoms with van der Waals surface area (Å²) in [4.78, 5) is 31.4. The number of likely N-dealkylation sites (tertiary alicyclic amines) is 1. The Bertz CT molecular complexity index is 1210. The first-order valence-electron chi connectivity index (χ1n) is 11.4. The summed E-state index contributed by atoms with van der Waals surface area (Å²) < 4.78 is 39.9. The van der Waals surface area contributed by atoms with Gasteiger partial charge in [0.15, 0.2) is 0 Å². The minimum absolute atomic E-state index is 0.0582. The van der Waals surface area contributed by atoms with Crippen molar-refractivity contribution in [3.8, 4) is 0 Å². The number of halogens is 3. The van der Waals surface area contributed by atoms with E-state index in [9.17, 15) is 22.8 Å². The Morgan fingerprint density at radius 1 is 1.09 bits per heavy atom. The molecule has 1 fully saturated rings. The standard InChI is InChI=1S/C26H26F3N3O2S/c1-16-11-17(2)13-18(12-16)14-30-23(33)22-15-35-24(31-22)19-7-9-32(10-8-19)25(34)20-5-3-4-6-21(20)26(27,28)29/h3-6,11-13,15,19H,7-10,14H2,1-2H3,(H,30,33). The highest BCUT2D eigenvalue weighted by Crippen LogP contribution is 2.34. The molecule has 184 valence electrons. The van der Waals surface area contributed by atoms with Crippen molar-refractivity contribution in [2.24, 2.45) is 0 Å². The number of hydrogen-bond donors (Lipinski definition) is 1. The molecule has 1 N–H and O–H groups in total. The molecule has 4 rings (SSSR count). The van der Waals surface area contributed by atoms with Gasteiger partial charge in [-0.15, -0.1) is 11.3 Å². The number of amides is 2. The molecule has 0 atom stereocenters. The third-order valence-corrected chi connectivity index (χ3v) is 7.09. The maximum absolute atomic E-state index is 13.3. The SMILES string of the molecule is Cc1cc(C)cc(CNC(=O)c2csc(C3CCN(C(=O)c4ccccc4C(F)(F)F)CC3)n2)c1. The molecule has 1 aliphatic heterocycles. The van der Waals surface area contributed by atoms with Gasteiger partial charge in [-0.05, 0) is 44.4 Å². The summed E-state index contributed by atoms with van der Waals surface area (Å²) in [6.07, 6.45) is -3.42. The summed E-state index contributed by atoms with van der Waals surface area (Å²) in [5, 5.41) is 5.44. The van der Waals surface area contributed by atoms with Crippen LogP contribution >= 0.6 is 11.3 Å². The number of carbonyl (C=O) groups is 2. The van der Waals surface area contributed by atoms with E-state index in [0.717, 1.165) is 27.8 Å². The number of hydrogen-bond acceptors (Lipinski definition) is 4. The van der Waals surface area contributed by atoms with Crippen LogP contribution in [-0.4, -0.2) is 34.8 Å². The van der Waals surface area contributed by atoms with E-state index in [1.807, 2.05) is 26.0 Å². The van der Waals surface area contributed by atoms with E-state index >= 15 is 0 Å². The van der Waals surface area contributed by atoms with Crippen LogP contribution in [0.1, 0.15) is 66.9 Å². The van der Waals surface area contributed by atoms with Gasteiger partial charge < -0.3 is 10.2 Å². The van der Waals surface area contributed by atoms with Gasteiger partial charge in [-0.2, -0.15) is 13.2 Å². The Kier molecular flexibility index (Phi) is 7.25. The number of nitrogens with one attached hydrogen (secondary N) is 1. The predicted octanol–water partition coefficient (Wildman–Crippen LogP) is 5.73. The minimum Gasteiger partial charge on any atom is -0.347 e.